The van der Waals surface area contributed by atoms with Crippen molar-refractivity contribution < 1.29 is 0 Å². The molecule has 0 aliphatic carbocycles. The maximum atomic E-state index is 3.36. The van der Waals surface area contributed by atoms with E-state index in [-0.39, 0.29) is 0 Å². The fraction of sp³-hybridized carbons (Fsp3) is 0.0233. The van der Waals surface area contributed by atoms with Gasteiger partial charge in [-0.05, 0) is 108 Å². The molecule has 0 radical (unpaired) electrons. The van der Waals surface area contributed by atoms with Gasteiger partial charge in [0.25, 0.3) is 0 Å². The number of anilines is 6. The normalized spacial score (nSPS) is 10.4. The van der Waals surface area contributed by atoms with Gasteiger partial charge in [0.05, 0.1) is 0 Å². The van der Waals surface area contributed by atoms with E-state index in [0.717, 1.165) is 34.1 Å². The molecule has 7 rings (SSSR count). The minimum absolute atomic E-state index is 1.13. The van der Waals surface area contributed by atoms with Gasteiger partial charge in [0.1, 0.15) is 0 Å². The number of allylic oxidation sites excluding steroid dienone is 1. The van der Waals surface area contributed by atoms with Crippen molar-refractivity contribution in [2.45, 2.75) is 6.92 Å². The molecule has 0 amide bonds. The van der Waals surface area contributed by atoms with Gasteiger partial charge in [-0.3, -0.25) is 0 Å². The lowest BCUT2D eigenvalue weighted by Crippen LogP contribution is -2.09. The largest absolute Gasteiger partial charge is 0.311 e. The van der Waals surface area contributed by atoms with E-state index < -0.39 is 0 Å². The van der Waals surface area contributed by atoms with Crippen LogP contribution in [0.4, 0.5) is 34.1 Å². The van der Waals surface area contributed by atoms with Gasteiger partial charge < -0.3 is 9.80 Å². The third-order valence-corrected chi connectivity index (χ3v) is 7.60. The molecule has 0 N–H and O–H groups in total. The first kappa shape index (κ1) is 29.2. The maximum Gasteiger partial charge on any atom is 0.0468 e. The van der Waals surface area contributed by atoms with E-state index in [0.29, 0.717) is 0 Å². The van der Waals surface area contributed by atoms with Crippen molar-refractivity contribution in [2.75, 3.05) is 9.80 Å². The van der Waals surface area contributed by atoms with E-state index >= 15 is 0 Å². The fourth-order valence-electron chi connectivity index (χ4n) is 5.56. The Morgan fingerprint density at radius 3 is 1.11 bits per heavy atom. The molecular weight excluding hydrogens is 544 g/mol. The molecule has 0 heterocycles. The Labute approximate surface area is 266 Å². The van der Waals surface area contributed by atoms with E-state index in [2.05, 4.69) is 198 Å². The lowest BCUT2D eigenvalue weighted by atomic mass is 10.00. The van der Waals surface area contributed by atoms with Crippen LogP contribution in [0.5, 0.6) is 0 Å². The highest BCUT2D eigenvalue weighted by Gasteiger charge is 2.14. The molecule has 2 nitrogen and oxygen atoms in total. The number of para-hydroxylation sites is 4. The quantitative estimate of drug-likeness (QED) is 0.173. The number of hydrogen-bond acceptors (Lipinski definition) is 2. The predicted molar refractivity (Wildman–Crippen MR) is 195 cm³/mol. The second kappa shape index (κ2) is 14.1. The molecule has 0 saturated carbocycles. The van der Waals surface area contributed by atoms with Crippen molar-refractivity contribution in [3.63, 3.8) is 0 Å². The van der Waals surface area contributed by atoms with Gasteiger partial charge in [-0.2, -0.15) is 0 Å². The number of hydrogen-bond donors (Lipinski definition) is 0. The average Bonchev–Trinajstić information content (AvgIpc) is 3.11. The average molecular weight is 581 g/mol. The van der Waals surface area contributed by atoms with Gasteiger partial charge in [-0.25, -0.2) is 0 Å². The SMILES string of the molecule is C=CC.c1ccc(N(c2ccccc2)c2ccc(-c3ccc4cc(N(c5ccccc5)c5ccccc5)ccc4c3)cc2)cc1. The van der Waals surface area contributed by atoms with E-state index in [1.54, 1.807) is 6.08 Å². The summed E-state index contributed by atoms with van der Waals surface area (Å²) < 4.78 is 0. The molecule has 0 spiro atoms. The molecule has 0 aromatic heterocycles. The lowest BCUT2D eigenvalue weighted by molar-refractivity contribution is 1.28. The monoisotopic (exact) mass is 580 g/mol. The first-order chi connectivity index (χ1) is 22.2. The Bertz CT molecular complexity index is 1870. The second-order valence-corrected chi connectivity index (χ2v) is 10.7. The zero-order valence-electron chi connectivity index (χ0n) is 25.5. The van der Waals surface area contributed by atoms with Crippen LogP contribution in [0.3, 0.4) is 0 Å². The molecule has 0 aliphatic heterocycles. The van der Waals surface area contributed by atoms with Crippen molar-refractivity contribution in [2.24, 2.45) is 0 Å². The zero-order chi connectivity index (χ0) is 30.8. The molecule has 2 heteroatoms. The van der Waals surface area contributed by atoms with Crippen molar-refractivity contribution >= 4 is 44.9 Å². The molecule has 0 bridgehead atoms. The molecule has 218 valence electrons. The van der Waals surface area contributed by atoms with E-state index in [4.69, 9.17) is 0 Å². The smallest absolute Gasteiger partial charge is 0.0468 e. The van der Waals surface area contributed by atoms with Crippen LogP contribution >= 0.6 is 0 Å². The Morgan fingerprint density at radius 1 is 0.356 bits per heavy atom. The minimum atomic E-state index is 1.13. The minimum Gasteiger partial charge on any atom is -0.311 e. The summed E-state index contributed by atoms with van der Waals surface area (Å²) in [5.41, 5.74) is 9.22. The Hall–Kier alpha value is -5.86. The van der Waals surface area contributed by atoms with Gasteiger partial charge in [0.15, 0.2) is 0 Å². The zero-order valence-corrected chi connectivity index (χ0v) is 25.5. The molecular formula is C43H36N2. The highest BCUT2D eigenvalue weighted by molar-refractivity contribution is 5.92. The van der Waals surface area contributed by atoms with Crippen LogP contribution in [0.2, 0.25) is 0 Å². The van der Waals surface area contributed by atoms with Crippen LogP contribution in [0.25, 0.3) is 21.9 Å². The third kappa shape index (κ3) is 6.71. The van der Waals surface area contributed by atoms with E-state index in [1.165, 1.54) is 21.9 Å². The van der Waals surface area contributed by atoms with Crippen molar-refractivity contribution in [1.82, 2.24) is 0 Å². The summed E-state index contributed by atoms with van der Waals surface area (Å²) in [5, 5.41) is 2.43. The maximum absolute atomic E-state index is 3.36. The van der Waals surface area contributed by atoms with E-state index in [9.17, 15) is 0 Å². The Balaban J connectivity index is 0.00000115. The number of fused-ring (bicyclic) bond motifs is 1. The van der Waals surface area contributed by atoms with Crippen LogP contribution in [0.1, 0.15) is 6.92 Å². The van der Waals surface area contributed by atoms with Crippen LogP contribution in [0, 0.1) is 0 Å². The van der Waals surface area contributed by atoms with Crippen molar-refractivity contribution in [3.05, 3.63) is 195 Å². The molecule has 0 saturated heterocycles. The molecule has 0 atom stereocenters. The fourth-order valence-corrected chi connectivity index (χ4v) is 5.56. The number of rotatable bonds is 7. The van der Waals surface area contributed by atoms with Crippen LogP contribution in [-0.4, -0.2) is 0 Å². The first-order valence-corrected chi connectivity index (χ1v) is 15.3. The summed E-state index contributed by atoms with van der Waals surface area (Å²) in [6.07, 6.45) is 1.75. The van der Waals surface area contributed by atoms with Gasteiger partial charge in [0.2, 0.25) is 0 Å². The van der Waals surface area contributed by atoms with Crippen LogP contribution < -0.4 is 9.80 Å². The summed E-state index contributed by atoms with van der Waals surface area (Å²) in [6, 6.07) is 64.4. The van der Waals surface area contributed by atoms with Gasteiger partial charge >= 0.3 is 0 Å². The highest BCUT2D eigenvalue weighted by atomic mass is 15.1. The summed E-state index contributed by atoms with van der Waals surface area (Å²) >= 11 is 0. The number of nitrogens with zero attached hydrogens (tertiary/aromatic N) is 2. The molecule has 0 unspecified atom stereocenters. The summed E-state index contributed by atoms with van der Waals surface area (Å²) in [5.74, 6) is 0. The van der Waals surface area contributed by atoms with Crippen LogP contribution in [0.15, 0.2) is 195 Å². The molecule has 7 aromatic rings. The topological polar surface area (TPSA) is 6.48 Å². The second-order valence-electron chi connectivity index (χ2n) is 10.7. The van der Waals surface area contributed by atoms with Crippen molar-refractivity contribution in [3.8, 4) is 11.1 Å². The van der Waals surface area contributed by atoms with Crippen LogP contribution in [-0.2, 0) is 0 Å². The summed E-state index contributed by atoms with van der Waals surface area (Å²) in [7, 11) is 0. The number of benzene rings is 7. The van der Waals surface area contributed by atoms with Gasteiger partial charge in [0, 0.05) is 34.1 Å². The van der Waals surface area contributed by atoms with Crippen molar-refractivity contribution in [1.29, 1.82) is 0 Å². The molecule has 7 aromatic carbocycles. The Kier molecular flexibility index (Phi) is 9.14. The summed E-state index contributed by atoms with van der Waals surface area (Å²) in [4.78, 5) is 4.59. The first-order valence-electron chi connectivity index (χ1n) is 15.3. The van der Waals surface area contributed by atoms with Gasteiger partial charge in [-0.1, -0.05) is 109 Å². The third-order valence-electron chi connectivity index (χ3n) is 7.60. The lowest BCUT2D eigenvalue weighted by Gasteiger charge is -2.26. The highest BCUT2D eigenvalue weighted by Crippen LogP contribution is 2.38. The standard InChI is InChI=1S/C40H30N2.C3H6/c1-5-13-35(14-6-1)41(36-15-7-2-8-16-36)39-26-23-31(24-27-39)32-21-22-34-30-40(28-25-33(34)29-32)42(37-17-9-3-10-18-37)38-19-11-4-12-20-38;1-3-2/h1-30H;3H,1H2,2H3. The van der Waals surface area contributed by atoms with E-state index in [1.807, 2.05) is 6.92 Å². The predicted octanol–water partition coefficient (Wildman–Crippen LogP) is 12.6. The Morgan fingerprint density at radius 2 is 0.667 bits per heavy atom. The molecule has 45 heavy (non-hydrogen) atoms. The van der Waals surface area contributed by atoms with Gasteiger partial charge in [-0.15, -0.1) is 6.58 Å². The molecule has 0 fully saturated rings. The summed E-state index contributed by atoms with van der Waals surface area (Å²) in [6.45, 7) is 5.25. The molecule has 0 aliphatic rings.